The van der Waals surface area contributed by atoms with Crippen LogP contribution < -0.4 is 9.47 Å². The Morgan fingerprint density at radius 1 is 1.00 bits per heavy atom. The molecule has 0 aliphatic rings. The Bertz CT molecular complexity index is 855. The number of pyridine rings is 1. The third-order valence-electron chi connectivity index (χ3n) is 3.78. The van der Waals surface area contributed by atoms with E-state index < -0.39 is 0 Å². The fraction of sp³-hybridized carbons (Fsp3) is 0.143. The van der Waals surface area contributed by atoms with Crippen LogP contribution >= 0.6 is 0 Å². The SMILES string of the molecule is COc1ccc(CC(=O)c2cccc(Oc3ccc(C)cc3)c2)cn1. The molecule has 0 amide bonds. The second-order valence-corrected chi connectivity index (χ2v) is 5.75. The molecular formula is C21H19NO3. The van der Waals surface area contributed by atoms with Crippen LogP contribution in [0.15, 0.2) is 66.9 Å². The number of ether oxygens (including phenoxy) is 2. The van der Waals surface area contributed by atoms with Crippen LogP contribution in [0.25, 0.3) is 0 Å². The molecule has 0 spiro atoms. The Balaban J connectivity index is 1.71. The minimum atomic E-state index is 0.0151. The molecule has 0 N–H and O–H groups in total. The summed E-state index contributed by atoms with van der Waals surface area (Å²) in [6.45, 7) is 2.02. The van der Waals surface area contributed by atoms with Crippen molar-refractivity contribution in [3.63, 3.8) is 0 Å². The quantitative estimate of drug-likeness (QED) is 0.618. The maximum atomic E-state index is 12.5. The lowest BCUT2D eigenvalue weighted by Crippen LogP contribution is -2.04. The number of rotatable bonds is 6. The van der Waals surface area contributed by atoms with Gasteiger partial charge in [-0.25, -0.2) is 4.98 Å². The fourth-order valence-corrected chi connectivity index (χ4v) is 2.40. The van der Waals surface area contributed by atoms with Crippen molar-refractivity contribution >= 4 is 5.78 Å². The van der Waals surface area contributed by atoms with E-state index in [4.69, 9.17) is 9.47 Å². The molecule has 126 valence electrons. The van der Waals surface area contributed by atoms with Crippen molar-refractivity contribution in [1.82, 2.24) is 4.98 Å². The Morgan fingerprint density at radius 3 is 2.48 bits per heavy atom. The number of aromatic nitrogens is 1. The first-order valence-corrected chi connectivity index (χ1v) is 8.01. The third kappa shape index (κ3) is 4.44. The lowest BCUT2D eigenvalue weighted by Gasteiger charge is -2.08. The summed E-state index contributed by atoms with van der Waals surface area (Å²) in [6, 6.07) is 18.6. The Labute approximate surface area is 147 Å². The van der Waals surface area contributed by atoms with Gasteiger partial charge in [0, 0.05) is 24.2 Å². The molecule has 0 radical (unpaired) electrons. The lowest BCUT2D eigenvalue weighted by atomic mass is 10.0. The van der Waals surface area contributed by atoms with Crippen molar-refractivity contribution in [3.8, 4) is 17.4 Å². The Kier molecular flexibility index (Phi) is 5.09. The van der Waals surface area contributed by atoms with Crippen LogP contribution in [-0.2, 0) is 6.42 Å². The van der Waals surface area contributed by atoms with Crippen LogP contribution in [0.1, 0.15) is 21.5 Å². The van der Waals surface area contributed by atoms with E-state index in [1.54, 1.807) is 31.5 Å². The maximum Gasteiger partial charge on any atom is 0.212 e. The first kappa shape index (κ1) is 16.7. The van der Waals surface area contributed by atoms with Gasteiger partial charge in [0.2, 0.25) is 5.88 Å². The van der Waals surface area contributed by atoms with E-state index in [0.29, 0.717) is 17.2 Å². The summed E-state index contributed by atoms with van der Waals surface area (Å²) in [4.78, 5) is 16.6. The third-order valence-corrected chi connectivity index (χ3v) is 3.78. The number of carbonyl (C=O) groups excluding carboxylic acids is 1. The number of methoxy groups -OCH3 is 1. The van der Waals surface area contributed by atoms with Gasteiger partial charge in [-0.05, 0) is 36.8 Å². The van der Waals surface area contributed by atoms with Crippen molar-refractivity contribution < 1.29 is 14.3 Å². The zero-order valence-corrected chi connectivity index (χ0v) is 14.2. The molecule has 0 unspecified atom stereocenters. The predicted octanol–water partition coefficient (Wildman–Crippen LogP) is 4.62. The largest absolute Gasteiger partial charge is 0.481 e. The van der Waals surface area contributed by atoms with Crippen molar-refractivity contribution in [1.29, 1.82) is 0 Å². The van der Waals surface area contributed by atoms with E-state index in [0.717, 1.165) is 11.3 Å². The van der Waals surface area contributed by atoms with Crippen LogP contribution in [0.5, 0.6) is 17.4 Å². The standard InChI is InChI=1S/C21H19NO3/c1-15-6-9-18(10-7-15)25-19-5-3-4-17(13-19)20(23)12-16-8-11-21(24-2)22-14-16/h3-11,13-14H,12H2,1-2H3. The van der Waals surface area contributed by atoms with Gasteiger partial charge in [-0.2, -0.15) is 0 Å². The number of carbonyl (C=O) groups is 1. The summed E-state index contributed by atoms with van der Waals surface area (Å²) in [5.41, 5.74) is 2.63. The first-order valence-electron chi connectivity index (χ1n) is 8.01. The molecule has 1 aromatic heterocycles. The summed E-state index contributed by atoms with van der Waals surface area (Å²) in [5, 5.41) is 0. The molecule has 2 aromatic carbocycles. The van der Waals surface area contributed by atoms with Crippen LogP contribution in [0, 0.1) is 6.92 Å². The van der Waals surface area contributed by atoms with Crippen LogP contribution in [-0.4, -0.2) is 17.9 Å². The highest BCUT2D eigenvalue weighted by atomic mass is 16.5. The minimum Gasteiger partial charge on any atom is -0.481 e. The van der Waals surface area contributed by atoms with Gasteiger partial charge >= 0.3 is 0 Å². The summed E-state index contributed by atoms with van der Waals surface area (Å²) >= 11 is 0. The number of benzene rings is 2. The average molecular weight is 333 g/mol. The lowest BCUT2D eigenvalue weighted by molar-refractivity contribution is 0.0992. The number of hydrogen-bond acceptors (Lipinski definition) is 4. The fourth-order valence-electron chi connectivity index (χ4n) is 2.40. The van der Waals surface area contributed by atoms with Crippen molar-refractivity contribution in [2.24, 2.45) is 0 Å². The van der Waals surface area contributed by atoms with E-state index in [1.165, 1.54) is 5.56 Å². The zero-order chi connectivity index (χ0) is 17.6. The highest BCUT2D eigenvalue weighted by Gasteiger charge is 2.09. The predicted molar refractivity (Wildman–Crippen MR) is 96.5 cm³/mol. The molecular weight excluding hydrogens is 314 g/mol. The van der Waals surface area contributed by atoms with E-state index in [2.05, 4.69) is 4.98 Å². The second kappa shape index (κ2) is 7.62. The molecule has 0 bridgehead atoms. The molecule has 4 nitrogen and oxygen atoms in total. The molecule has 0 fully saturated rings. The molecule has 0 aliphatic heterocycles. The molecule has 0 atom stereocenters. The van der Waals surface area contributed by atoms with Gasteiger partial charge in [-0.3, -0.25) is 4.79 Å². The van der Waals surface area contributed by atoms with Crippen LogP contribution in [0.3, 0.4) is 0 Å². The monoisotopic (exact) mass is 333 g/mol. The summed E-state index contributed by atoms with van der Waals surface area (Å²) in [5.74, 6) is 1.93. The second-order valence-electron chi connectivity index (χ2n) is 5.75. The minimum absolute atomic E-state index is 0.0151. The normalized spacial score (nSPS) is 10.3. The topological polar surface area (TPSA) is 48.4 Å². The summed E-state index contributed by atoms with van der Waals surface area (Å²) in [7, 11) is 1.56. The van der Waals surface area contributed by atoms with Gasteiger partial charge in [0.1, 0.15) is 11.5 Å². The van der Waals surface area contributed by atoms with E-state index >= 15 is 0 Å². The molecule has 0 saturated carbocycles. The van der Waals surface area contributed by atoms with Crippen molar-refractivity contribution in [2.45, 2.75) is 13.3 Å². The number of ketones is 1. The maximum absolute atomic E-state index is 12.5. The molecule has 4 heteroatoms. The van der Waals surface area contributed by atoms with Gasteiger partial charge in [0.25, 0.3) is 0 Å². The number of hydrogen-bond donors (Lipinski definition) is 0. The number of nitrogens with zero attached hydrogens (tertiary/aromatic N) is 1. The highest BCUT2D eigenvalue weighted by molar-refractivity contribution is 5.97. The van der Waals surface area contributed by atoms with Crippen LogP contribution in [0.4, 0.5) is 0 Å². The molecule has 3 rings (SSSR count). The smallest absolute Gasteiger partial charge is 0.212 e. The Morgan fingerprint density at radius 2 is 1.80 bits per heavy atom. The summed E-state index contributed by atoms with van der Waals surface area (Å²) in [6.07, 6.45) is 1.94. The Hall–Kier alpha value is -3.14. The molecule has 3 aromatic rings. The zero-order valence-electron chi connectivity index (χ0n) is 14.2. The molecule has 1 heterocycles. The van der Waals surface area contributed by atoms with Gasteiger partial charge in [-0.15, -0.1) is 0 Å². The van der Waals surface area contributed by atoms with Gasteiger partial charge in [-0.1, -0.05) is 35.9 Å². The van der Waals surface area contributed by atoms with Gasteiger partial charge in [0.15, 0.2) is 5.78 Å². The molecule has 0 saturated heterocycles. The van der Waals surface area contributed by atoms with E-state index in [-0.39, 0.29) is 12.2 Å². The first-order chi connectivity index (χ1) is 12.1. The number of aryl methyl sites for hydroxylation is 1. The van der Waals surface area contributed by atoms with Crippen LogP contribution in [0.2, 0.25) is 0 Å². The summed E-state index contributed by atoms with van der Waals surface area (Å²) < 4.78 is 10.8. The average Bonchev–Trinajstić information content (AvgIpc) is 2.64. The highest BCUT2D eigenvalue weighted by Crippen LogP contribution is 2.23. The van der Waals surface area contributed by atoms with Gasteiger partial charge < -0.3 is 9.47 Å². The van der Waals surface area contributed by atoms with E-state index in [9.17, 15) is 4.79 Å². The molecule has 0 aliphatic carbocycles. The van der Waals surface area contributed by atoms with Crippen molar-refractivity contribution in [2.75, 3.05) is 7.11 Å². The van der Waals surface area contributed by atoms with Gasteiger partial charge in [0.05, 0.1) is 7.11 Å². The van der Waals surface area contributed by atoms with E-state index in [1.807, 2.05) is 49.4 Å². The van der Waals surface area contributed by atoms with Crippen molar-refractivity contribution in [3.05, 3.63) is 83.6 Å². The number of Topliss-reactive ketones (excluding diaryl/α,β-unsaturated/α-hetero) is 1. The molecule has 25 heavy (non-hydrogen) atoms.